The first-order valence-corrected chi connectivity index (χ1v) is 8.91. The van der Waals surface area contributed by atoms with E-state index in [-0.39, 0.29) is 17.2 Å². The summed E-state index contributed by atoms with van der Waals surface area (Å²) in [4.78, 5) is 15.0. The summed E-state index contributed by atoms with van der Waals surface area (Å²) in [5.74, 6) is 0.506. The average molecular weight is 377 g/mol. The first-order chi connectivity index (χ1) is 10.7. The van der Waals surface area contributed by atoms with Crippen LogP contribution < -0.4 is 4.90 Å². The van der Waals surface area contributed by atoms with Crippen molar-refractivity contribution in [2.75, 3.05) is 16.8 Å². The van der Waals surface area contributed by atoms with Gasteiger partial charge >= 0.3 is 0 Å². The Labute approximate surface area is 143 Å². The number of para-hydroxylation sites is 1. The lowest BCUT2D eigenvalue weighted by atomic mass is 9.92. The molecule has 1 saturated carbocycles. The van der Waals surface area contributed by atoms with Crippen molar-refractivity contribution in [1.29, 1.82) is 0 Å². The van der Waals surface area contributed by atoms with Crippen LogP contribution in [0.15, 0.2) is 48.5 Å². The molecule has 0 saturated heterocycles. The summed E-state index contributed by atoms with van der Waals surface area (Å²) in [5.41, 5.74) is 3.10. The van der Waals surface area contributed by atoms with Gasteiger partial charge in [0, 0.05) is 28.5 Å². The highest BCUT2D eigenvalue weighted by molar-refractivity contribution is 9.09. The van der Waals surface area contributed by atoms with Crippen LogP contribution in [0.5, 0.6) is 0 Å². The molecule has 2 unspecified atom stereocenters. The molecule has 0 bridgehead atoms. The highest BCUT2D eigenvalue weighted by atomic mass is 79.9. The minimum Gasteiger partial charge on any atom is -0.310 e. The zero-order valence-electron chi connectivity index (χ0n) is 11.9. The second-order valence-corrected chi connectivity index (χ2v) is 7.17. The van der Waals surface area contributed by atoms with E-state index in [1.165, 1.54) is 11.1 Å². The number of halogens is 2. The predicted octanol–water partition coefficient (Wildman–Crippen LogP) is 4.51. The van der Waals surface area contributed by atoms with Gasteiger partial charge in [0.1, 0.15) is 0 Å². The average Bonchev–Trinajstić information content (AvgIpc) is 3.24. The topological polar surface area (TPSA) is 20.3 Å². The SMILES string of the molecule is O=C1N(CCBr)c2ccccc2C12CC2c1ccc(Cl)cc1. The molecule has 0 N–H and O–H groups in total. The molecule has 4 heteroatoms. The number of fused-ring (bicyclic) bond motifs is 2. The number of hydrogen-bond donors (Lipinski definition) is 0. The number of amides is 1. The minimum atomic E-state index is -0.355. The second kappa shape index (κ2) is 5.10. The van der Waals surface area contributed by atoms with Crippen LogP contribution >= 0.6 is 27.5 Å². The Kier molecular flexibility index (Phi) is 3.31. The first-order valence-electron chi connectivity index (χ1n) is 7.41. The van der Waals surface area contributed by atoms with Crippen LogP contribution in [0.2, 0.25) is 5.02 Å². The molecule has 1 aliphatic carbocycles. The third-order valence-electron chi connectivity index (χ3n) is 4.84. The molecule has 2 aliphatic rings. The van der Waals surface area contributed by atoms with E-state index in [1.54, 1.807) is 0 Å². The number of nitrogens with zero attached hydrogens (tertiary/aromatic N) is 1. The molecule has 1 amide bonds. The van der Waals surface area contributed by atoms with Crippen LogP contribution in [-0.2, 0) is 10.2 Å². The third-order valence-corrected chi connectivity index (χ3v) is 5.45. The molecule has 112 valence electrons. The van der Waals surface area contributed by atoms with Crippen LogP contribution in [0.4, 0.5) is 5.69 Å². The summed E-state index contributed by atoms with van der Waals surface area (Å²) >= 11 is 9.44. The van der Waals surface area contributed by atoms with Crippen LogP contribution in [0, 0.1) is 0 Å². The largest absolute Gasteiger partial charge is 0.310 e. The summed E-state index contributed by atoms with van der Waals surface area (Å²) in [5, 5.41) is 1.52. The lowest BCUT2D eigenvalue weighted by molar-refractivity contribution is -0.120. The normalized spacial score (nSPS) is 25.6. The Balaban J connectivity index is 1.77. The number of hydrogen-bond acceptors (Lipinski definition) is 1. The summed E-state index contributed by atoms with van der Waals surface area (Å²) < 4.78 is 0. The Morgan fingerprint density at radius 2 is 1.91 bits per heavy atom. The Morgan fingerprint density at radius 3 is 2.64 bits per heavy atom. The number of benzene rings is 2. The molecule has 2 aromatic rings. The molecule has 2 atom stereocenters. The van der Waals surface area contributed by atoms with E-state index < -0.39 is 0 Å². The predicted molar refractivity (Wildman–Crippen MR) is 93.1 cm³/mol. The molecule has 2 nitrogen and oxygen atoms in total. The summed E-state index contributed by atoms with van der Waals surface area (Å²) in [6.45, 7) is 0.713. The molecular formula is C18H15BrClNO. The molecule has 1 fully saturated rings. The van der Waals surface area contributed by atoms with Crippen molar-refractivity contribution in [2.24, 2.45) is 0 Å². The zero-order valence-corrected chi connectivity index (χ0v) is 14.3. The molecule has 2 aromatic carbocycles. The van der Waals surface area contributed by atoms with E-state index in [0.29, 0.717) is 6.54 Å². The number of rotatable bonds is 3. The van der Waals surface area contributed by atoms with Crippen LogP contribution in [-0.4, -0.2) is 17.8 Å². The van der Waals surface area contributed by atoms with E-state index in [9.17, 15) is 4.79 Å². The molecular weight excluding hydrogens is 362 g/mol. The van der Waals surface area contributed by atoms with Gasteiger partial charge in [0.05, 0.1) is 5.41 Å². The Bertz CT molecular complexity index is 745. The van der Waals surface area contributed by atoms with Gasteiger partial charge in [0.2, 0.25) is 5.91 Å². The van der Waals surface area contributed by atoms with Crippen molar-refractivity contribution in [3.8, 4) is 0 Å². The maximum absolute atomic E-state index is 13.1. The van der Waals surface area contributed by atoms with E-state index >= 15 is 0 Å². The molecule has 1 heterocycles. The molecule has 0 aromatic heterocycles. The second-order valence-electron chi connectivity index (χ2n) is 5.94. The standard InChI is InChI=1S/C18H15BrClNO/c19-9-10-21-16-4-2-1-3-14(16)18(17(21)22)11-15(18)12-5-7-13(20)8-6-12/h1-8,15H,9-11H2. The lowest BCUT2D eigenvalue weighted by Gasteiger charge is -2.16. The Morgan fingerprint density at radius 1 is 1.18 bits per heavy atom. The maximum atomic E-state index is 13.1. The van der Waals surface area contributed by atoms with E-state index in [0.717, 1.165) is 22.5 Å². The summed E-state index contributed by atoms with van der Waals surface area (Å²) in [6.07, 6.45) is 0.892. The summed E-state index contributed by atoms with van der Waals surface area (Å²) in [7, 11) is 0. The van der Waals surface area contributed by atoms with Crippen molar-refractivity contribution in [3.05, 3.63) is 64.7 Å². The zero-order chi connectivity index (χ0) is 15.3. The monoisotopic (exact) mass is 375 g/mol. The van der Waals surface area contributed by atoms with Gasteiger partial charge in [-0.1, -0.05) is 57.9 Å². The minimum absolute atomic E-state index is 0.244. The Hall–Kier alpha value is -1.32. The van der Waals surface area contributed by atoms with Crippen LogP contribution in [0.1, 0.15) is 23.5 Å². The highest BCUT2D eigenvalue weighted by Gasteiger charge is 2.66. The fourth-order valence-electron chi connectivity index (χ4n) is 3.75. The fraction of sp³-hybridized carbons (Fsp3) is 0.278. The van der Waals surface area contributed by atoms with Gasteiger partial charge in [0.25, 0.3) is 0 Å². The molecule has 1 spiro atoms. The third kappa shape index (κ3) is 1.88. The van der Waals surface area contributed by atoms with Gasteiger partial charge in [-0.2, -0.15) is 0 Å². The number of anilines is 1. The van der Waals surface area contributed by atoms with Crippen molar-refractivity contribution >= 4 is 39.1 Å². The number of alkyl halides is 1. The number of carbonyl (C=O) groups is 1. The maximum Gasteiger partial charge on any atom is 0.238 e. The van der Waals surface area contributed by atoms with Gasteiger partial charge in [-0.25, -0.2) is 0 Å². The van der Waals surface area contributed by atoms with E-state index in [2.05, 4.69) is 28.1 Å². The highest BCUT2D eigenvalue weighted by Crippen LogP contribution is 2.66. The molecule has 0 radical (unpaired) electrons. The number of carbonyl (C=O) groups excluding carboxylic acids is 1. The van der Waals surface area contributed by atoms with Crippen molar-refractivity contribution < 1.29 is 4.79 Å². The molecule has 4 rings (SSSR count). The first kappa shape index (κ1) is 14.3. The quantitative estimate of drug-likeness (QED) is 0.722. The molecule has 1 aliphatic heterocycles. The molecule has 22 heavy (non-hydrogen) atoms. The smallest absolute Gasteiger partial charge is 0.238 e. The van der Waals surface area contributed by atoms with Crippen molar-refractivity contribution in [1.82, 2.24) is 0 Å². The van der Waals surface area contributed by atoms with Crippen LogP contribution in [0.3, 0.4) is 0 Å². The van der Waals surface area contributed by atoms with Crippen molar-refractivity contribution in [2.45, 2.75) is 17.8 Å². The van der Waals surface area contributed by atoms with Crippen molar-refractivity contribution in [3.63, 3.8) is 0 Å². The fourth-order valence-corrected chi connectivity index (χ4v) is 4.23. The van der Waals surface area contributed by atoms with Gasteiger partial charge in [0.15, 0.2) is 0 Å². The lowest BCUT2D eigenvalue weighted by Crippen LogP contribution is -2.34. The van der Waals surface area contributed by atoms with Crippen LogP contribution in [0.25, 0.3) is 0 Å². The van der Waals surface area contributed by atoms with Gasteiger partial charge in [-0.05, 0) is 35.7 Å². The van der Waals surface area contributed by atoms with Gasteiger partial charge < -0.3 is 4.90 Å². The van der Waals surface area contributed by atoms with E-state index in [1.807, 2.05) is 41.3 Å². The van der Waals surface area contributed by atoms with E-state index in [4.69, 9.17) is 11.6 Å². The van der Waals surface area contributed by atoms with Gasteiger partial charge in [-0.15, -0.1) is 0 Å². The van der Waals surface area contributed by atoms with Gasteiger partial charge in [-0.3, -0.25) is 4.79 Å². The summed E-state index contributed by atoms with van der Waals surface area (Å²) in [6, 6.07) is 16.1.